The second kappa shape index (κ2) is 9.79. The summed E-state index contributed by atoms with van der Waals surface area (Å²) < 4.78 is 5.89. The van der Waals surface area contributed by atoms with Gasteiger partial charge < -0.3 is 15.4 Å². The van der Waals surface area contributed by atoms with Gasteiger partial charge in [-0.2, -0.15) is 0 Å². The molecule has 1 saturated heterocycles. The molecule has 4 N–H and O–H groups in total. The van der Waals surface area contributed by atoms with Crippen molar-refractivity contribution >= 4 is 22.7 Å². The predicted octanol–water partition coefficient (Wildman–Crippen LogP) is 3.12. The van der Waals surface area contributed by atoms with E-state index in [1.807, 2.05) is 50.2 Å². The van der Waals surface area contributed by atoms with Crippen LogP contribution in [-0.2, 0) is 21.7 Å². The van der Waals surface area contributed by atoms with Crippen LogP contribution in [-0.4, -0.2) is 39.5 Å². The van der Waals surface area contributed by atoms with E-state index in [9.17, 15) is 9.59 Å². The zero-order valence-corrected chi connectivity index (χ0v) is 19.4. The quantitative estimate of drug-likeness (QED) is 0.350. The van der Waals surface area contributed by atoms with E-state index >= 15 is 0 Å². The minimum Gasteiger partial charge on any atom is -0.487 e. The highest BCUT2D eigenvalue weighted by atomic mass is 16.5. The second-order valence-corrected chi connectivity index (χ2v) is 9.15. The van der Waals surface area contributed by atoms with Gasteiger partial charge in [-0.3, -0.25) is 14.8 Å². The lowest BCUT2D eigenvalue weighted by molar-refractivity contribution is -0.144. The van der Waals surface area contributed by atoms with Crippen molar-refractivity contribution < 1.29 is 19.5 Å². The van der Waals surface area contributed by atoms with Crippen LogP contribution >= 0.6 is 0 Å². The van der Waals surface area contributed by atoms with Crippen molar-refractivity contribution in [3.05, 3.63) is 71.9 Å². The number of nitrogens with one attached hydrogen (secondary N) is 1. The van der Waals surface area contributed by atoms with E-state index in [0.29, 0.717) is 37.3 Å². The lowest BCUT2D eigenvalue weighted by Gasteiger charge is -2.30. The van der Waals surface area contributed by atoms with E-state index < -0.39 is 17.5 Å². The summed E-state index contributed by atoms with van der Waals surface area (Å²) in [5.74, 6) is -0.119. The van der Waals surface area contributed by atoms with Gasteiger partial charge in [0.2, 0.25) is 5.91 Å². The monoisotopic (exact) mass is 462 g/mol. The summed E-state index contributed by atoms with van der Waals surface area (Å²) in [4.78, 5) is 31.6. The summed E-state index contributed by atoms with van der Waals surface area (Å²) in [6.07, 6.45) is 0.810. The van der Waals surface area contributed by atoms with Gasteiger partial charge in [-0.25, -0.2) is 10.5 Å². The fourth-order valence-corrected chi connectivity index (χ4v) is 4.42. The van der Waals surface area contributed by atoms with E-state index in [0.717, 1.165) is 16.6 Å². The molecule has 0 spiro atoms. The second-order valence-electron chi connectivity index (χ2n) is 9.15. The summed E-state index contributed by atoms with van der Waals surface area (Å²) >= 11 is 0. The molecule has 2 heterocycles. The Morgan fingerprint density at radius 2 is 1.91 bits per heavy atom. The number of likely N-dealkylation sites (tertiary alicyclic amines) is 1. The minimum absolute atomic E-state index is 0.163. The molecule has 178 valence electrons. The molecule has 2 unspecified atom stereocenters. The van der Waals surface area contributed by atoms with Crippen LogP contribution in [0.15, 0.2) is 60.7 Å². The maximum atomic E-state index is 13.3. The third kappa shape index (κ3) is 4.73. The first-order valence-corrected chi connectivity index (χ1v) is 11.4. The molecule has 0 radical (unpaired) electrons. The summed E-state index contributed by atoms with van der Waals surface area (Å²) in [6.45, 7) is 4.57. The number of carbonyl (C=O) groups is 2. The lowest BCUT2D eigenvalue weighted by atomic mass is 9.89. The van der Waals surface area contributed by atoms with Crippen molar-refractivity contribution in [2.75, 3.05) is 6.54 Å². The van der Waals surface area contributed by atoms with E-state index in [4.69, 9.17) is 15.7 Å². The van der Waals surface area contributed by atoms with Crippen molar-refractivity contribution in [2.45, 2.75) is 44.9 Å². The average Bonchev–Trinajstić information content (AvgIpc) is 3.15. The number of amides is 2. The Bertz CT molecular complexity index is 1180. The molecule has 0 bridgehead atoms. The molecule has 2 aromatic carbocycles. The first-order valence-electron chi connectivity index (χ1n) is 11.4. The predicted molar refractivity (Wildman–Crippen MR) is 128 cm³/mol. The minimum atomic E-state index is -1.23. The Labute approximate surface area is 198 Å². The molecule has 1 fully saturated rings. The fourth-order valence-electron chi connectivity index (χ4n) is 4.42. The Balaban J connectivity index is 1.45. The zero-order chi connectivity index (χ0) is 24.3. The Hall–Kier alpha value is -3.49. The summed E-state index contributed by atoms with van der Waals surface area (Å²) in [6, 6.07) is 18.2. The number of nitrogens with two attached hydrogens (primary N) is 1. The van der Waals surface area contributed by atoms with Gasteiger partial charge in [0.05, 0.1) is 11.2 Å². The van der Waals surface area contributed by atoms with Gasteiger partial charge in [0.15, 0.2) is 0 Å². The first kappa shape index (κ1) is 23.7. The number of aromatic nitrogens is 1. The molecule has 8 nitrogen and oxygen atoms in total. The smallest absolute Gasteiger partial charge is 0.266 e. The zero-order valence-electron chi connectivity index (χ0n) is 19.4. The van der Waals surface area contributed by atoms with E-state index in [-0.39, 0.29) is 11.8 Å². The van der Waals surface area contributed by atoms with Crippen LogP contribution in [0.1, 0.15) is 37.9 Å². The van der Waals surface area contributed by atoms with Crippen LogP contribution in [0.2, 0.25) is 0 Å². The largest absolute Gasteiger partial charge is 0.487 e. The molecule has 3 aromatic rings. The van der Waals surface area contributed by atoms with E-state index in [2.05, 4.69) is 4.98 Å². The highest BCUT2D eigenvalue weighted by molar-refractivity contribution is 5.94. The van der Waals surface area contributed by atoms with Crippen LogP contribution in [0.4, 0.5) is 0 Å². The average molecular weight is 463 g/mol. The summed E-state index contributed by atoms with van der Waals surface area (Å²) in [5.41, 5.74) is 9.40. The molecule has 8 heteroatoms. The maximum Gasteiger partial charge on any atom is 0.266 e. The third-order valence-corrected chi connectivity index (χ3v) is 6.29. The Morgan fingerprint density at radius 3 is 2.62 bits per heavy atom. The van der Waals surface area contributed by atoms with Gasteiger partial charge in [-0.1, -0.05) is 50.2 Å². The number of hydroxylamine groups is 1. The lowest BCUT2D eigenvalue weighted by Crippen LogP contribution is -2.52. The van der Waals surface area contributed by atoms with Crippen molar-refractivity contribution in [1.29, 1.82) is 0 Å². The number of hydrogen-bond donors (Lipinski definition) is 3. The fraction of sp³-hybridized carbons (Fsp3) is 0.346. The topological polar surface area (TPSA) is 118 Å². The number of benzene rings is 2. The number of pyridine rings is 1. The summed E-state index contributed by atoms with van der Waals surface area (Å²) in [5, 5.41) is 10.2. The molecule has 1 aliphatic rings. The van der Waals surface area contributed by atoms with Crippen molar-refractivity contribution in [3.63, 3.8) is 0 Å². The molecule has 1 aliphatic heterocycles. The number of nitrogens with zero attached hydrogens (tertiary/aromatic N) is 2. The van der Waals surface area contributed by atoms with Crippen molar-refractivity contribution in [3.8, 4) is 5.75 Å². The molecule has 2 amide bonds. The van der Waals surface area contributed by atoms with Gasteiger partial charge in [-0.15, -0.1) is 0 Å². The molecule has 34 heavy (non-hydrogen) atoms. The van der Waals surface area contributed by atoms with E-state index in [1.165, 1.54) is 4.90 Å². The number of rotatable bonds is 8. The van der Waals surface area contributed by atoms with Crippen LogP contribution < -0.4 is 16.0 Å². The Morgan fingerprint density at radius 1 is 1.18 bits per heavy atom. The van der Waals surface area contributed by atoms with Crippen molar-refractivity contribution in [1.82, 2.24) is 15.4 Å². The standard InChI is InChI=1S/C26H30N4O4/c1-17(2)15-23(24(31)29-33)30-14-13-26(27,25(30)32)19-8-11-21(12-9-19)34-16-20-10-7-18-5-3-4-6-22(18)28-20/h3-12,17,23,33H,13-16,27H2,1-2H3,(H,29,31). The number of carbonyl (C=O) groups excluding carboxylic acids is 2. The van der Waals surface area contributed by atoms with Gasteiger partial charge in [0.1, 0.15) is 23.9 Å². The molecular weight excluding hydrogens is 432 g/mol. The van der Waals surface area contributed by atoms with Crippen LogP contribution in [0.3, 0.4) is 0 Å². The van der Waals surface area contributed by atoms with Gasteiger partial charge >= 0.3 is 0 Å². The maximum absolute atomic E-state index is 13.3. The van der Waals surface area contributed by atoms with Crippen LogP contribution in [0.5, 0.6) is 5.75 Å². The molecule has 1 aromatic heterocycles. The van der Waals surface area contributed by atoms with Gasteiger partial charge in [0.25, 0.3) is 5.91 Å². The third-order valence-electron chi connectivity index (χ3n) is 6.29. The van der Waals surface area contributed by atoms with Crippen LogP contribution in [0.25, 0.3) is 10.9 Å². The van der Waals surface area contributed by atoms with Gasteiger partial charge in [-0.05, 0) is 48.6 Å². The Kier molecular flexibility index (Phi) is 6.81. The number of hydrogen-bond acceptors (Lipinski definition) is 6. The van der Waals surface area contributed by atoms with Gasteiger partial charge in [0, 0.05) is 11.9 Å². The molecule has 4 rings (SSSR count). The molecular formula is C26H30N4O4. The highest BCUT2D eigenvalue weighted by Crippen LogP contribution is 2.34. The number of fused-ring (bicyclic) bond motifs is 1. The summed E-state index contributed by atoms with van der Waals surface area (Å²) in [7, 11) is 0. The molecule has 0 aliphatic carbocycles. The van der Waals surface area contributed by atoms with E-state index in [1.54, 1.807) is 29.7 Å². The van der Waals surface area contributed by atoms with Crippen molar-refractivity contribution in [2.24, 2.45) is 11.7 Å². The van der Waals surface area contributed by atoms with Crippen LogP contribution in [0, 0.1) is 5.92 Å². The molecule has 0 saturated carbocycles. The number of para-hydroxylation sites is 1. The highest BCUT2D eigenvalue weighted by Gasteiger charge is 2.48. The number of ether oxygens (including phenoxy) is 1. The normalized spacial score (nSPS) is 19.0. The first-order chi connectivity index (χ1) is 16.3. The molecule has 2 atom stereocenters. The SMILES string of the molecule is CC(C)CC(C(=O)NO)N1CCC(N)(c2ccc(OCc3ccc4ccccc4n3)cc2)C1=O.